The predicted molar refractivity (Wildman–Crippen MR) is 72.2 cm³/mol. The fourth-order valence-electron chi connectivity index (χ4n) is 1.48. The van der Waals surface area contributed by atoms with Crippen LogP contribution >= 0.6 is 0 Å². The zero-order chi connectivity index (χ0) is 13.4. The normalized spacial score (nSPS) is 13.9. The molecule has 0 bridgehead atoms. The Morgan fingerprint density at radius 1 is 1.33 bits per heavy atom. The summed E-state index contributed by atoms with van der Waals surface area (Å²) in [5.41, 5.74) is 0.813. The lowest BCUT2D eigenvalue weighted by Gasteiger charge is -2.14. The zero-order valence-corrected chi connectivity index (χ0v) is 11.0. The number of nitrogens with one attached hydrogen (secondary N) is 2. The molecule has 0 radical (unpaired) electrons. The summed E-state index contributed by atoms with van der Waals surface area (Å²) in [4.78, 5) is 11.5. The van der Waals surface area contributed by atoms with Gasteiger partial charge in [-0.25, -0.2) is 0 Å². The lowest BCUT2D eigenvalue weighted by molar-refractivity contribution is -0.120. The van der Waals surface area contributed by atoms with Crippen LogP contribution in [-0.2, 0) is 4.79 Å². The molecule has 4 nitrogen and oxygen atoms in total. The minimum atomic E-state index is -0.654. The van der Waals surface area contributed by atoms with Crippen LogP contribution in [0.2, 0.25) is 0 Å². The third-order valence-electron chi connectivity index (χ3n) is 2.90. The standard InChI is InChI=1S/C14H22N2O2/c1-3-11(2)15-10-14(18)16-9-13(17)12-7-5-4-6-8-12/h4-8,11,13,15,17H,3,9-10H2,1-2H3,(H,16,18). The van der Waals surface area contributed by atoms with E-state index in [1.54, 1.807) is 0 Å². The van der Waals surface area contributed by atoms with Crippen LogP contribution < -0.4 is 10.6 Å². The highest BCUT2D eigenvalue weighted by Crippen LogP contribution is 2.10. The van der Waals surface area contributed by atoms with Gasteiger partial charge in [-0.3, -0.25) is 4.79 Å². The third kappa shape index (κ3) is 5.29. The Labute approximate surface area is 108 Å². The molecule has 0 heterocycles. The van der Waals surface area contributed by atoms with Gasteiger partial charge in [0, 0.05) is 12.6 Å². The monoisotopic (exact) mass is 250 g/mol. The molecule has 2 unspecified atom stereocenters. The van der Waals surface area contributed by atoms with Gasteiger partial charge in [-0.15, -0.1) is 0 Å². The number of hydrogen-bond acceptors (Lipinski definition) is 3. The summed E-state index contributed by atoms with van der Waals surface area (Å²) in [5, 5.41) is 15.7. The van der Waals surface area contributed by atoms with Gasteiger partial charge in [0.15, 0.2) is 0 Å². The van der Waals surface area contributed by atoms with Gasteiger partial charge in [0.2, 0.25) is 5.91 Å². The van der Waals surface area contributed by atoms with Crippen molar-refractivity contribution in [3.05, 3.63) is 35.9 Å². The smallest absolute Gasteiger partial charge is 0.234 e. The first-order chi connectivity index (χ1) is 8.63. The predicted octanol–water partition coefficient (Wildman–Crippen LogP) is 1.22. The van der Waals surface area contributed by atoms with Gasteiger partial charge in [-0.1, -0.05) is 37.3 Å². The quantitative estimate of drug-likeness (QED) is 0.682. The molecule has 0 spiro atoms. The molecule has 0 aliphatic heterocycles. The summed E-state index contributed by atoms with van der Waals surface area (Å²) in [6, 6.07) is 9.64. The summed E-state index contributed by atoms with van der Waals surface area (Å²) < 4.78 is 0. The molecule has 0 saturated carbocycles. The average molecular weight is 250 g/mol. The Morgan fingerprint density at radius 2 is 2.00 bits per heavy atom. The second-order valence-electron chi connectivity index (χ2n) is 4.42. The molecule has 1 amide bonds. The summed E-state index contributed by atoms with van der Waals surface area (Å²) in [5.74, 6) is -0.0923. The van der Waals surface area contributed by atoms with Crippen LogP contribution in [0.4, 0.5) is 0 Å². The van der Waals surface area contributed by atoms with Gasteiger partial charge < -0.3 is 15.7 Å². The maximum absolute atomic E-state index is 11.5. The SMILES string of the molecule is CCC(C)NCC(=O)NCC(O)c1ccccc1. The zero-order valence-electron chi connectivity index (χ0n) is 11.0. The highest BCUT2D eigenvalue weighted by atomic mass is 16.3. The van der Waals surface area contributed by atoms with Crippen LogP contribution in [-0.4, -0.2) is 30.1 Å². The van der Waals surface area contributed by atoms with Gasteiger partial charge in [0.1, 0.15) is 0 Å². The molecule has 4 heteroatoms. The average Bonchev–Trinajstić information content (AvgIpc) is 2.42. The van der Waals surface area contributed by atoms with Crippen molar-refractivity contribution >= 4 is 5.91 Å². The van der Waals surface area contributed by atoms with Gasteiger partial charge in [0.25, 0.3) is 0 Å². The van der Waals surface area contributed by atoms with E-state index in [9.17, 15) is 9.90 Å². The first kappa shape index (κ1) is 14.7. The Morgan fingerprint density at radius 3 is 2.61 bits per heavy atom. The number of carbonyl (C=O) groups excluding carboxylic acids is 1. The van der Waals surface area contributed by atoms with Crippen molar-refractivity contribution in [1.82, 2.24) is 10.6 Å². The largest absolute Gasteiger partial charge is 0.387 e. The summed E-state index contributed by atoms with van der Waals surface area (Å²) in [7, 11) is 0. The van der Waals surface area contributed by atoms with E-state index in [0.717, 1.165) is 12.0 Å². The van der Waals surface area contributed by atoms with Crippen LogP contribution in [0.3, 0.4) is 0 Å². The third-order valence-corrected chi connectivity index (χ3v) is 2.90. The highest BCUT2D eigenvalue weighted by molar-refractivity contribution is 5.78. The maximum Gasteiger partial charge on any atom is 0.234 e. The Balaban J connectivity index is 2.26. The van der Waals surface area contributed by atoms with Gasteiger partial charge in [0.05, 0.1) is 12.6 Å². The number of aliphatic hydroxyl groups excluding tert-OH is 1. The molecule has 0 aliphatic rings. The number of carbonyl (C=O) groups is 1. The molecule has 1 rings (SSSR count). The molecule has 0 fully saturated rings. The first-order valence-electron chi connectivity index (χ1n) is 6.36. The van der Waals surface area contributed by atoms with Crippen molar-refractivity contribution in [2.75, 3.05) is 13.1 Å². The second-order valence-corrected chi connectivity index (χ2v) is 4.42. The van der Waals surface area contributed by atoms with E-state index in [2.05, 4.69) is 17.6 Å². The number of benzene rings is 1. The van der Waals surface area contributed by atoms with Gasteiger partial charge in [-0.2, -0.15) is 0 Å². The van der Waals surface area contributed by atoms with Crippen molar-refractivity contribution < 1.29 is 9.90 Å². The number of hydrogen-bond donors (Lipinski definition) is 3. The van der Waals surface area contributed by atoms with Crippen molar-refractivity contribution in [3.63, 3.8) is 0 Å². The molecule has 1 aromatic carbocycles. The van der Waals surface area contributed by atoms with Crippen molar-refractivity contribution in [3.8, 4) is 0 Å². The van der Waals surface area contributed by atoms with Crippen molar-refractivity contribution in [1.29, 1.82) is 0 Å². The molecule has 0 aliphatic carbocycles. The number of aliphatic hydroxyl groups is 1. The Hall–Kier alpha value is -1.39. The number of amides is 1. The Kier molecular flexibility index (Phi) is 6.39. The Bertz CT molecular complexity index is 354. The van der Waals surface area contributed by atoms with E-state index in [0.29, 0.717) is 6.04 Å². The minimum Gasteiger partial charge on any atom is -0.387 e. The van der Waals surface area contributed by atoms with E-state index >= 15 is 0 Å². The molecule has 18 heavy (non-hydrogen) atoms. The molecule has 0 aromatic heterocycles. The van der Waals surface area contributed by atoms with E-state index in [1.165, 1.54) is 0 Å². The summed E-state index contributed by atoms with van der Waals surface area (Å²) in [6.45, 7) is 4.63. The summed E-state index contributed by atoms with van der Waals surface area (Å²) >= 11 is 0. The lowest BCUT2D eigenvalue weighted by atomic mass is 10.1. The molecular formula is C14H22N2O2. The van der Waals surface area contributed by atoms with Crippen molar-refractivity contribution in [2.24, 2.45) is 0 Å². The lowest BCUT2D eigenvalue weighted by Crippen LogP contribution is -2.39. The second kappa shape index (κ2) is 7.84. The van der Waals surface area contributed by atoms with E-state index in [4.69, 9.17) is 0 Å². The van der Waals surface area contributed by atoms with Crippen LogP contribution in [0, 0.1) is 0 Å². The minimum absolute atomic E-state index is 0.0923. The van der Waals surface area contributed by atoms with Crippen molar-refractivity contribution in [2.45, 2.75) is 32.4 Å². The van der Waals surface area contributed by atoms with Gasteiger partial charge >= 0.3 is 0 Å². The van der Waals surface area contributed by atoms with Crippen LogP contribution in [0.25, 0.3) is 0 Å². The highest BCUT2D eigenvalue weighted by Gasteiger charge is 2.09. The van der Waals surface area contributed by atoms with E-state index in [1.807, 2.05) is 37.3 Å². The topological polar surface area (TPSA) is 61.4 Å². The van der Waals surface area contributed by atoms with Gasteiger partial charge in [-0.05, 0) is 18.9 Å². The molecular weight excluding hydrogens is 228 g/mol. The van der Waals surface area contributed by atoms with Crippen LogP contribution in [0.15, 0.2) is 30.3 Å². The molecule has 2 atom stereocenters. The van der Waals surface area contributed by atoms with E-state index in [-0.39, 0.29) is 19.0 Å². The molecule has 3 N–H and O–H groups in total. The molecule has 0 saturated heterocycles. The molecule has 100 valence electrons. The van der Waals surface area contributed by atoms with E-state index < -0.39 is 6.10 Å². The number of rotatable bonds is 7. The van der Waals surface area contributed by atoms with Crippen LogP contribution in [0.1, 0.15) is 31.9 Å². The van der Waals surface area contributed by atoms with Crippen LogP contribution in [0.5, 0.6) is 0 Å². The first-order valence-corrected chi connectivity index (χ1v) is 6.36. The molecule has 1 aromatic rings. The fraction of sp³-hybridized carbons (Fsp3) is 0.500. The summed E-state index contributed by atoms with van der Waals surface area (Å²) in [6.07, 6.45) is 0.332. The fourth-order valence-corrected chi connectivity index (χ4v) is 1.48. The maximum atomic E-state index is 11.5.